The first-order valence-corrected chi connectivity index (χ1v) is 6.96. The largest absolute Gasteiger partial charge is 0.489 e. The number of aliphatic imine (C=N–C) groups is 1. The van der Waals surface area contributed by atoms with Crippen LogP contribution in [0.15, 0.2) is 59.6 Å². The highest BCUT2D eigenvalue weighted by Gasteiger charge is 1.99. The van der Waals surface area contributed by atoms with Crippen molar-refractivity contribution in [1.29, 1.82) is 0 Å². The summed E-state index contributed by atoms with van der Waals surface area (Å²) in [7, 11) is 3.59. The first-order chi connectivity index (χ1) is 10.3. The second kappa shape index (κ2) is 10.0. The third-order valence-electron chi connectivity index (χ3n) is 3.07. The maximum absolute atomic E-state index is 5.82. The fourth-order valence-corrected chi connectivity index (χ4v) is 1.95. The highest BCUT2D eigenvalue weighted by Crippen LogP contribution is 2.15. The van der Waals surface area contributed by atoms with Crippen molar-refractivity contribution in [3.05, 3.63) is 65.7 Å². The Kier molecular flexibility index (Phi) is 8.35. The highest BCUT2D eigenvalue weighted by atomic mass is 127. The summed E-state index contributed by atoms with van der Waals surface area (Å²) in [5.74, 6) is 1.64. The molecule has 0 aliphatic rings. The van der Waals surface area contributed by atoms with E-state index in [1.165, 1.54) is 0 Å². The van der Waals surface area contributed by atoms with Crippen molar-refractivity contribution >= 4 is 29.9 Å². The van der Waals surface area contributed by atoms with E-state index in [9.17, 15) is 0 Å². The monoisotopic (exact) mass is 411 g/mol. The van der Waals surface area contributed by atoms with E-state index in [-0.39, 0.29) is 24.0 Å². The Morgan fingerprint density at radius 3 is 2.45 bits per heavy atom. The number of nitrogens with zero attached hydrogens (tertiary/aromatic N) is 1. The minimum Gasteiger partial charge on any atom is -0.489 e. The topological polar surface area (TPSA) is 45.7 Å². The Morgan fingerprint density at radius 1 is 1.05 bits per heavy atom. The molecule has 2 aromatic carbocycles. The van der Waals surface area contributed by atoms with Gasteiger partial charge >= 0.3 is 0 Å². The number of hydrogen-bond acceptors (Lipinski definition) is 2. The lowest BCUT2D eigenvalue weighted by atomic mass is 10.2. The zero-order valence-corrected chi connectivity index (χ0v) is 15.2. The molecule has 0 bridgehead atoms. The van der Waals surface area contributed by atoms with Crippen molar-refractivity contribution in [3.8, 4) is 5.75 Å². The third kappa shape index (κ3) is 5.93. The lowest BCUT2D eigenvalue weighted by Gasteiger charge is -2.10. The number of rotatable bonds is 5. The Bertz CT molecular complexity index is 587. The fourth-order valence-electron chi connectivity index (χ4n) is 1.95. The van der Waals surface area contributed by atoms with E-state index >= 15 is 0 Å². The summed E-state index contributed by atoms with van der Waals surface area (Å²) in [6.45, 7) is 1.28. The Hall–Kier alpha value is -1.76. The normalized spacial score (nSPS) is 10.5. The van der Waals surface area contributed by atoms with Gasteiger partial charge in [0, 0.05) is 20.6 Å². The summed E-state index contributed by atoms with van der Waals surface area (Å²) in [6, 6.07) is 18.2. The van der Waals surface area contributed by atoms with Crippen molar-refractivity contribution in [2.75, 3.05) is 14.1 Å². The zero-order valence-electron chi connectivity index (χ0n) is 12.9. The van der Waals surface area contributed by atoms with Crippen LogP contribution in [0.2, 0.25) is 0 Å². The van der Waals surface area contributed by atoms with Gasteiger partial charge in [-0.3, -0.25) is 4.99 Å². The Labute approximate surface area is 149 Å². The van der Waals surface area contributed by atoms with Crippen LogP contribution in [0.1, 0.15) is 11.1 Å². The number of halogens is 1. The Balaban J connectivity index is 0.00000242. The maximum Gasteiger partial charge on any atom is 0.190 e. The van der Waals surface area contributed by atoms with Crippen molar-refractivity contribution < 1.29 is 4.74 Å². The number of nitrogens with one attached hydrogen (secondary N) is 2. The van der Waals surface area contributed by atoms with Gasteiger partial charge in [0.1, 0.15) is 12.4 Å². The number of guanidine groups is 1. The lowest BCUT2D eigenvalue weighted by Crippen LogP contribution is -2.34. The highest BCUT2D eigenvalue weighted by molar-refractivity contribution is 14.0. The molecule has 0 aromatic heterocycles. The molecule has 0 heterocycles. The van der Waals surface area contributed by atoms with Crippen molar-refractivity contribution in [2.45, 2.75) is 13.2 Å². The van der Waals surface area contributed by atoms with Crippen LogP contribution in [0.5, 0.6) is 5.75 Å². The maximum atomic E-state index is 5.82. The smallest absolute Gasteiger partial charge is 0.190 e. The zero-order chi connectivity index (χ0) is 14.9. The number of hydrogen-bond donors (Lipinski definition) is 2. The van der Waals surface area contributed by atoms with Gasteiger partial charge in [-0.15, -0.1) is 24.0 Å². The van der Waals surface area contributed by atoms with Crippen LogP contribution < -0.4 is 15.4 Å². The number of benzene rings is 2. The average Bonchev–Trinajstić information content (AvgIpc) is 2.55. The van der Waals surface area contributed by atoms with Crippen molar-refractivity contribution in [2.24, 2.45) is 4.99 Å². The lowest BCUT2D eigenvalue weighted by molar-refractivity contribution is 0.306. The summed E-state index contributed by atoms with van der Waals surface area (Å²) in [6.07, 6.45) is 0. The predicted molar refractivity (Wildman–Crippen MR) is 102 cm³/mol. The van der Waals surface area contributed by atoms with E-state index in [2.05, 4.69) is 33.8 Å². The molecular weight excluding hydrogens is 389 g/mol. The SMILES string of the molecule is CN=C(NC)NCc1cccc(OCc2ccccc2)c1.I. The molecule has 0 unspecified atom stereocenters. The molecule has 2 aromatic rings. The van der Waals surface area contributed by atoms with Crippen LogP contribution in [0, 0.1) is 0 Å². The fraction of sp³-hybridized carbons (Fsp3) is 0.235. The van der Waals surface area contributed by atoms with Crippen LogP contribution in [-0.4, -0.2) is 20.1 Å². The van der Waals surface area contributed by atoms with Gasteiger partial charge in [0.05, 0.1) is 0 Å². The predicted octanol–water partition coefficient (Wildman–Crippen LogP) is 3.18. The minimum absolute atomic E-state index is 0. The summed E-state index contributed by atoms with van der Waals surface area (Å²) in [4.78, 5) is 4.08. The first kappa shape index (κ1) is 18.3. The molecule has 2 N–H and O–H groups in total. The van der Waals surface area contributed by atoms with E-state index in [4.69, 9.17) is 4.74 Å². The average molecular weight is 411 g/mol. The second-order valence-electron chi connectivity index (χ2n) is 4.60. The van der Waals surface area contributed by atoms with Gasteiger partial charge in [-0.2, -0.15) is 0 Å². The van der Waals surface area contributed by atoms with E-state index in [0.717, 1.165) is 22.8 Å². The van der Waals surface area contributed by atoms with E-state index < -0.39 is 0 Å². The van der Waals surface area contributed by atoms with Crippen LogP contribution in [0.4, 0.5) is 0 Å². The van der Waals surface area contributed by atoms with Crippen LogP contribution in [0.3, 0.4) is 0 Å². The van der Waals surface area contributed by atoms with Gasteiger partial charge in [0.2, 0.25) is 0 Å². The minimum atomic E-state index is 0. The molecule has 4 nitrogen and oxygen atoms in total. The number of ether oxygens (including phenoxy) is 1. The van der Waals surface area contributed by atoms with Gasteiger partial charge in [0.15, 0.2) is 5.96 Å². The first-order valence-electron chi connectivity index (χ1n) is 6.96. The summed E-state index contributed by atoms with van der Waals surface area (Å²) in [5, 5.41) is 6.21. The van der Waals surface area contributed by atoms with Gasteiger partial charge < -0.3 is 15.4 Å². The summed E-state index contributed by atoms with van der Waals surface area (Å²) < 4.78 is 5.82. The molecule has 0 aliphatic carbocycles. The molecule has 0 amide bonds. The van der Waals surface area contributed by atoms with Gasteiger partial charge in [-0.1, -0.05) is 42.5 Å². The van der Waals surface area contributed by atoms with Crippen LogP contribution in [-0.2, 0) is 13.2 Å². The molecule has 0 saturated carbocycles. The molecule has 2 rings (SSSR count). The Morgan fingerprint density at radius 2 is 1.77 bits per heavy atom. The molecule has 5 heteroatoms. The van der Waals surface area contributed by atoms with Gasteiger partial charge in [0.25, 0.3) is 0 Å². The van der Waals surface area contributed by atoms with E-state index in [0.29, 0.717) is 13.2 Å². The molecule has 0 aliphatic heterocycles. The van der Waals surface area contributed by atoms with E-state index in [1.807, 2.05) is 43.4 Å². The molecular formula is C17H22IN3O. The molecule has 0 atom stereocenters. The van der Waals surface area contributed by atoms with Gasteiger partial charge in [-0.05, 0) is 23.3 Å². The molecule has 0 fully saturated rings. The van der Waals surface area contributed by atoms with Crippen molar-refractivity contribution in [3.63, 3.8) is 0 Å². The molecule has 0 spiro atoms. The van der Waals surface area contributed by atoms with Crippen LogP contribution in [0.25, 0.3) is 0 Å². The second-order valence-corrected chi connectivity index (χ2v) is 4.60. The molecule has 22 heavy (non-hydrogen) atoms. The third-order valence-corrected chi connectivity index (χ3v) is 3.07. The molecule has 0 radical (unpaired) electrons. The summed E-state index contributed by atoms with van der Waals surface area (Å²) >= 11 is 0. The molecule has 0 saturated heterocycles. The van der Waals surface area contributed by atoms with Crippen LogP contribution >= 0.6 is 24.0 Å². The van der Waals surface area contributed by atoms with Crippen molar-refractivity contribution in [1.82, 2.24) is 10.6 Å². The van der Waals surface area contributed by atoms with Gasteiger partial charge in [-0.25, -0.2) is 0 Å². The molecule has 118 valence electrons. The quantitative estimate of drug-likeness (QED) is 0.452. The summed E-state index contributed by atoms with van der Waals surface area (Å²) in [5.41, 5.74) is 2.31. The standard InChI is InChI=1S/C17H21N3O.HI/c1-18-17(19-2)20-12-15-9-6-10-16(11-15)21-13-14-7-4-3-5-8-14;/h3-11H,12-13H2,1-2H3,(H2,18,19,20);1H. The van der Waals surface area contributed by atoms with E-state index in [1.54, 1.807) is 7.05 Å².